The van der Waals surface area contributed by atoms with E-state index in [9.17, 15) is 15.2 Å². The van der Waals surface area contributed by atoms with Crippen LogP contribution in [0.5, 0.6) is 0 Å². The molecule has 0 saturated heterocycles. The molecule has 2 rings (SSSR count). The maximum atomic E-state index is 11.1. The lowest BCUT2D eigenvalue weighted by Crippen LogP contribution is -2.26. The Morgan fingerprint density at radius 2 is 2.42 bits per heavy atom. The predicted molar refractivity (Wildman–Crippen MR) is 72.2 cm³/mol. The highest BCUT2D eigenvalue weighted by molar-refractivity contribution is 7.16. The molecule has 102 valence electrons. The van der Waals surface area contributed by atoms with Crippen LogP contribution in [0.25, 0.3) is 0 Å². The summed E-state index contributed by atoms with van der Waals surface area (Å²) in [7, 11) is 0. The molecule has 1 saturated carbocycles. The van der Waals surface area contributed by atoms with Crippen LogP contribution in [0.3, 0.4) is 0 Å². The van der Waals surface area contributed by atoms with E-state index in [0.29, 0.717) is 28.9 Å². The Morgan fingerprint density at radius 1 is 1.74 bits per heavy atom. The van der Waals surface area contributed by atoms with Crippen molar-refractivity contribution in [2.45, 2.75) is 38.3 Å². The summed E-state index contributed by atoms with van der Waals surface area (Å²) in [5, 5.41) is 29.9. The number of thiophene rings is 1. The van der Waals surface area contributed by atoms with Gasteiger partial charge in [-0.25, -0.2) is 0 Å². The zero-order chi connectivity index (χ0) is 14.0. The molecule has 1 aromatic rings. The Bertz CT molecular complexity index is 517. The average Bonchev–Trinajstić information content (AvgIpc) is 3.07. The third-order valence-corrected chi connectivity index (χ3v) is 4.37. The molecule has 0 amide bonds. The second-order valence-corrected chi connectivity index (χ2v) is 5.67. The molecule has 1 aliphatic carbocycles. The minimum absolute atomic E-state index is 0.0331. The van der Waals surface area contributed by atoms with Gasteiger partial charge in [0.1, 0.15) is 0 Å². The van der Waals surface area contributed by atoms with Gasteiger partial charge in [0.25, 0.3) is 0 Å². The number of nitriles is 1. The van der Waals surface area contributed by atoms with Crippen LogP contribution in [0.2, 0.25) is 0 Å². The van der Waals surface area contributed by atoms with Crippen molar-refractivity contribution in [2.24, 2.45) is 0 Å². The van der Waals surface area contributed by atoms with E-state index in [1.54, 1.807) is 6.92 Å². The van der Waals surface area contributed by atoms with Crippen LogP contribution in [0, 0.1) is 21.4 Å². The van der Waals surface area contributed by atoms with Crippen LogP contribution in [0.1, 0.15) is 37.2 Å². The molecule has 0 spiro atoms. The highest BCUT2D eigenvalue weighted by Crippen LogP contribution is 2.44. The fraction of sp³-hybridized carbons (Fsp3) is 0.583. The Kier molecular flexibility index (Phi) is 4.02. The first kappa shape index (κ1) is 13.8. The molecule has 0 unspecified atom stereocenters. The lowest BCUT2D eigenvalue weighted by Gasteiger charge is -2.20. The van der Waals surface area contributed by atoms with Crippen molar-refractivity contribution >= 4 is 22.0 Å². The second-order valence-electron chi connectivity index (χ2n) is 4.60. The van der Waals surface area contributed by atoms with Gasteiger partial charge < -0.3 is 10.0 Å². The number of anilines is 1. The SMILES string of the molecule is C[C@H](O)c1cc([N+](=O)[O-])c(N(CCC#N)C2CC2)s1. The van der Waals surface area contributed by atoms with E-state index < -0.39 is 11.0 Å². The first-order valence-corrected chi connectivity index (χ1v) is 6.96. The van der Waals surface area contributed by atoms with Crippen LogP contribution in [-0.4, -0.2) is 22.6 Å². The molecule has 1 N–H and O–H groups in total. The van der Waals surface area contributed by atoms with Crippen LogP contribution >= 0.6 is 11.3 Å². The third kappa shape index (κ3) is 3.03. The van der Waals surface area contributed by atoms with Gasteiger partial charge in [-0.1, -0.05) is 0 Å². The molecule has 1 aromatic heterocycles. The van der Waals surface area contributed by atoms with Crippen LogP contribution in [0.15, 0.2) is 6.07 Å². The number of aliphatic hydroxyl groups excluding tert-OH is 1. The summed E-state index contributed by atoms with van der Waals surface area (Å²) >= 11 is 1.25. The van der Waals surface area contributed by atoms with Gasteiger partial charge in [0.2, 0.25) is 0 Å². The van der Waals surface area contributed by atoms with Crippen molar-refractivity contribution in [3.63, 3.8) is 0 Å². The molecule has 1 fully saturated rings. The minimum Gasteiger partial charge on any atom is -0.388 e. The summed E-state index contributed by atoms with van der Waals surface area (Å²) in [4.78, 5) is 13.2. The van der Waals surface area contributed by atoms with Gasteiger partial charge in [-0.3, -0.25) is 10.1 Å². The van der Waals surface area contributed by atoms with Gasteiger partial charge in [0, 0.05) is 23.5 Å². The van der Waals surface area contributed by atoms with E-state index in [1.807, 2.05) is 4.90 Å². The Hall–Kier alpha value is -1.65. The molecule has 0 aromatic carbocycles. The molecule has 0 aliphatic heterocycles. The Balaban J connectivity index is 2.34. The number of nitrogens with zero attached hydrogens (tertiary/aromatic N) is 3. The van der Waals surface area contributed by atoms with Crippen molar-refractivity contribution in [1.29, 1.82) is 5.26 Å². The van der Waals surface area contributed by atoms with Gasteiger partial charge >= 0.3 is 5.69 Å². The molecule has 1 atom stereocenters. The van der Waals surface area contributed by atoms with Gasteiger partial charge in [-0.2, -0.15) is 5.26 Å². The van der Waals surface area contributed by atoms with Crippen molar-refractivity contribution in [3.05, 3.63) is 21.1 Å². The molecule has 0 radical (unpaired) electrons. The quantitative estimate of drug-likeness (QED) is 0.639. The number of aliphatic hydroxyl groups is 1. The normalized spacial score (nSPS) is 15.8. The van der Waals surface area contributed by atoms with Crippen molar-refractivity contribution in [3.8, 4) is 6.07 Å². The van der Waals surface area contributed by atoms with E-state index in [-0.39, 0.29) is 5.69 Å². The van der Waals surface area contributed by atoms with E-state index in [4.69, 9.17) is 5.26 Å². The first-order chi connectivity index (χ1) is 9.04. The summed E-state index contributed by atoms with van der Waals surface area (Å²) in [5.74, 6) is 0. The largest absolute Gasteiger partial charge is 0.388 e. The number of hydrogen-bond donors (Lipinski definition) is 1. The van der Waals surface area contributed by atoms with E-state index in [2.05, 4.69) is 6.07 Å². The van der Waals surface area contributed by atoms with Gasteiger partial charge in [-0.15, -0.1) is 11.3 Å². The zero-order valence-electron chi connectivity index (χ0n) is 10.6. The Labute approximate surface area is 115 Å². The third-order valence-electron chi connectivity index (χ3n) is 3.03. The number of rotatable bonds is 6. The molecule has 1 aliphatic rings. The van der Waals surface area contributed by atoms with Gasteiger partial charge in [0.15, 0.2) is 5.00 Å². The summed E-state index contributed by atoms with van der Waals surface area (Å²) in [6, 6.07) is 3.81. The first-order valence-electron chi connectivity index (χ1n) is 6.14. The average molecular weight is 281 g/mol. The van der Waals surface area contributed by atoms with E-state index in [1.165, 1.54) is 17.4 Å². The maximum absolute atomic E-state index is 11.1. The monoisotopic (exact) mass is 281 g/mol. The lowest BCUT2D eigenvalue weighted by atomic mass is 10.3. The Morgan fingerprint density at radius 3 is 2.89 bits per heavy atom. The number of nitro groups is 1. The van der Waals surface area contributed by atoms with Crippen molar-refractivity contribution in [1.82, 2.24) is 0 Å². The topological polar surface area (TPSA) is 90.4 Å². The molecule has 6 nitrogen and oxygen atoms in total. The van der Waals surface area contributed by atoms with E-state index in [0.717, 1.165) is 12.8 Å². The molecule has 1 heterocycles. The van der Waals surface area contributed by atoms with E-state index >= 15 is 0 Å². The summed E-state index contributed by atoms with van der Waals surface area (Å²) in [6.45, 7) is 2.10. The van der Waals surface area contributed by atoms with Crippen molar-refractivity contribution < 1.29 is 10.0 Å². The second kappa shape index (κ2) is 5.55. The maximum Gasteiger partial charge on any atom is 0.304 e. The lowest BCUT2D eigenvalue weighted by molar-refractivity contribution is -0.383. The highest BCUT2D eigenvalue weighted by Gasteiger charge is 2.34. The van der Waals surface area contributed by atoms with Gasteiger partial charge in [-0.05, 0) is 19.8 Å². The van der Waals surface area contributed by atoms with Crippen LogP contribution in [0.4, 0.5) is 10.7 Å². The van der Waals surface area contributed by atoms with Crippen molar-refractivity contribution in [2.75, 3.05) is 11.4 Å². The smallest absolute Gasteiger partial charge is 0.304 e. The minimum atomic E-state index is -0.713. The molecular weight excluding hydrogens is 266 g/mol. The molecule has 19 heavy (non-hydrogen) atoms. The molecule has 0 bridgehead atoms. The summed E-state index contributed by atoms with van der Waals surface area (Å²) < 4.78 is 0. The molecule has 7 heteroatoms. The number of hydrogen-bond acceptors (Lipinski definition) is 6. The molecular formula is C12H15N3O3S. The summed E-state index contributed by atoms with van der Waals surface area (Å²) in [5.41, 5.74) is 0.0331. The predicted octanol–water partition coefficient (Wildman–Crippen LogP) is 2.59. The van der Waals surface area contributed by atoms with Gasteiger partial charge in [0.05, 0.1) is 23.5 Å². The fourth-order valence-electron chi connectivity index (χ4n) is 1.94. The standard InChI is InChI=1S/C12H15N3O3S/c1-8(16)11-7-10(15(17)18)12(19-11)14(6-2-5-13)9-3-4-9/h7-9,16H,2-4,6H2,1H3/t8-/m0/s1. The fourth-order valence-corrected chi connectivity index (χ4v) is 3.10. The van der Waals surface area contributed by atoms with Crippen LogP contribution < -0.4 is 4.90 Å². The van der Waals surface area contributed by atoms with Crippen LogP contribution in [-0.2, 0) is 0 Å². The zero-order valence-corrected chi connectivity index (χ0v) is 11.4. The summed E-state index contributed by atoms with van der Waals surface area (Å²) in [6.07, 6.45) is 1.64. The highest BCUT2D eigenvalue weighted by atomic mass is 32.1.